The van der Waals surface area contributed by atoms with Gasteiger partial charge in [-0.1, -0.05) is 6.58 Å². The van der Waals surface area contributed by atoms with Crippen LogP contribution in [0.3, 0.4) is 0 Å². The van der Waals surface area contributed by atoms with E-state index >= 15 is 0 Å². The Kier molecular flexibility index (Phi) is 4.26. The number of nitrogens with zero attached hydrogens (tertiary/aromatic N) is 2. The fourth-order valence-electron chi connectivity index (χ4n) is 3.38. The van der Waals surface area contributed by atoms with Crippen molar-refractivity contribution in [1.82, 2.24) is 9.80 Å². The molecule has 0 radical (unpaired) electrons. The maximum Gasteiger partial charge on any atom is 0.246 e. The van der Waals surface area contributed by atoms with E-state index in [1.165, 1.54) is 12.5 Å². The highest BCUT2D eigenvalue weighted by atomic mass is 16.2. The minimum absolute atomic E-state index is 0.0495. The highest BCUT2D eigenvalue weighted by Crippen LogP contribution is 2.42. The van der Waals surface area contributed by atoms with Crippen molar-refractivity contribution in [2.75, 3.05) is 20.6 Å². The Morgan fingerprint density at radius 2 is 1.94 bits per heavy atom. The van der Waals surface area contributed by atoms with Crippen LogP contribution in [0.15, 0.2) is 12.7 Å². The lowest BCUT2D eigenvalue weighted by atomic mass is 9.72. The second-order valence-electron chi connectivity index (χ2n) is 6.84. The summed E-state index contributed by atoms with van der Waals surface area (Å²) in [6.07, 6.45) is 3.66. The van der Waals surface area contributed by atoms with Crippen LogP contribution in [0, 0.1) is 5.92 Å². The number of hydrogen-bond acceptors (Lipinski definition) is 2. The van der Waals surface area contributed by atoms with Crippen LogP contribution in [0.4, 0.5) is 0 Å². The Labute approximate surface area is 112 Å². The Hall–Kier alpha value is -0.830. The van der Waals surface area contributed by atoms with E-state index in [2.05, 4.69) is 53.3 Å². The Morgan fingerprint density at radius 1 is 1.39 bits per heavy atom. The molecule has 1 atom stereocenters. The predicted molar refractivity (Wildman–Crippen MR) is 76.5 cm³/mol. The molecule has 0 aromatic rings. The molecule has 0 aromatic heterocycles. The van der Waals surface area contributed by atoms with Crippen molar-refractivity contribution in [2.24, 2.45) is 5.92 Å². The molecule has 1 fully saturated rings. The van der Waals surface area contributed by atoms with E-state index in [9.17, 15) is 4.79 Å². The number of carbonyl (C=O) groups excluding carboxylic acids is 1. The van der Waals surface area contributed by atoms with Crippen LogP contribution < -0.4 is 0 Å². The molecule has 1 aliphatic heterocycles. The number of amides is 1. The van der Waals surface area contributed by atoms with E-state index in [1.807, 2.05) is 4.90 Å². The van der Waals surface area contributed by atoms with E-state index in [0.29, 0.717) is 5.92 Å². The summed E-state index contributed by atoms with van der Waals surface area (Å²) in [5, 5.41) is 0. The maximum atomic E-state index is 12.2. The van der Waals surface area contributed by atoms with Crippen LogP contribution >= 0.6 is 0 Å². The van der Waals surface area contributed by atoms with E-state index < -0.39 is 0 Å². The average Bonchev–Trinajstić information content (AvgIpc) is 2.21. The van der Waals surface area contributed by atoms with Crippen LogP contribution in [-0.2, 0) is 4.79 Å². The van der Waals surface area contributed by atoms with E-state index in [4.69, 9.17) is 0 Å². The molecule has 1 rings (SSSR count). The molecule has 0 aromatic carbocycles. The van der Waals surface area contributed by atoms with Crippen molar-refractivity contribution < 1.29 is 4.79 Å². The van der Waals surface area contributed by atoms with Gasteiger partial charge in [0.2, 0.25) is 5.91 Å². The van der Waals surface area contributed by atoms with Crippen LogP contribution in [0.5, 0.6) is 0 Å². The zero-order chi connectivity index (χ0) is 14.1. The number of piperidine rings is 1. The molecule has 1 aliphatic rings. The first-order valence-corrected chi connectivity index (χ1v) is 6.74. The van der Waals surface area contributed by atoms with Crippen molar-refractivity contribution in [3.8, 4) is 0 Å². The molecule has 3 heteroatoms. The van der Waals surface area contributed by atoms with E-state index in [-0.39, 0.29) is 17.0 Å². The first kappa shape index (κ1) is 15.2. The Morgan fingerprint density at radius 3 is 2.39 bits per heavy atom. The third-order valence-electron chi connectivity index (χ3n) is 4.27. The van der Waals surface area contributed by atoms with Gasteiger partial charge < -0.3 is 9.80 Å². The smallest absolute Gasteiger partial charge is 0.246 e. The molecular formula is C15H28N2O. The quantitative estimate of drug-likeness (QED) is 0.721. The zero-order valence-electron chi connectivity index (χ0n) is 12.8. The van der Waals surface area contributed by atoms with Gasteiger partial charge in [-0.2, -0.15) is 0 Å². The summed E-state index contributed by atoms with van der Waals surface area (Å²) in [6.45, 7) is 13.3. The number of carbonyl (C=O) groups is 1. The van der Waals surface area contributed by atoms with Gasteiger partial charge in [0.15, 0.2) is 0 Å². The van der Waals surface area contributed by atoms with E-state index in [1.54, 1.807) is 0 Å². The number of rotatable bonds is 3. The van der Waals surface area contributed by atoms with Gasteiger partial charge in [-0.15, -0.1) is 0 Å². The van der Waals surface area contributed by atoms with Gasteiger partial charge in [-0.05, 0) is 66.6 Å². The molecule has 0 N–H and O–H groups in total. The minimum Gasteiger partial charge on any atom is -0.329 e. The number of likely N-dealkylation sites (tertiary alicyclic amines) is 1. The van der Waals surface area contributed by atoms with Crippen molar-refractivity contribution in [1.29, 1.82) is 0 Å². The van der Waals surface area contributed by atoms with Crippen LogP contribution in [-0.4, -0.2) is 47.4 Å². The first-order chi connectivity index (χ1) is 8.13. The molecular weight excluding hydrogens is 224 g/mol. The molecule has 104 valence electrons. The highest BCUT2D eigenvalue weighted by Gasteiger charge is 2.48. The summed E-state index contributed by atoms with van der Waals surface area (Å²) >= 11 is 0. The normalized spacial score (nSPS) is 26.2. The van der Waals surface area contributed by atoms with Gasteiger partial charge in [0, 0.05) is 17.6 Å². The predicted octanol–water partition coefficient (Wildman–Crippen LogP) is 2.53. The third-order valence-corrected chi connectivity index (χ3v) is 4.27. The van der Waals surface area contributed by atoms with Crippen LogP contribution in [0.25, 0.3) is 0 Å². The molecule has 0 saturated carbocycles. The van der Waals surface area contributed by atoms with E-state index in [0.717, 1.165) is 13.0 Å². The molecule has 18 heavy (non-hydrogen) atoms. The standard InChI is InChI=1S/C15H28N2O/c1-8-13(18)17-14(2,3)10-9-12(11-16(6)7)15(17,4)5/h8,12H,1,9-11H2,2-7H3. The van der Waals surface area contributed by atoms with Gasteiger partial charge in [0.25, 0.3) is 0 Å². The largest absolute Gasteiger partial charge is 0.329 e. The molecule has 1 unspecified atom stereocenters. The maximum absolute atomic E-state index is 12.2. The second-order valence-corrected chi connectivity index (χ2v) is 6.84. The Bertz CT molecular complexity index is 331. The van der Waals surface area contributed by atoms with Crippen LogP contribution in [0.2, 0.25) is 0 Å². The van der Waals surface area contributed by atoms with Crippen molar-refractivity contribution in [3.05, 3.63) is 12.7 Å². The van der Waals surface area contributed by atoms with Gasteiger partial charge in [-0.3, -0.25) is 4.79 Å². The highest BCUT2D eigenvalue weighted by molar-refractivity contribution is 5.88. The lowest BCUT2D eigenvalue weighted by molar-refractivity contribution is -0.149. The molecule has 1 saturated heterocycles. The van der Waals surface area contributed by atoms with Crippen molar-refractivity contribution >= 4 is 5.91 Å². The zero-order valence-corrected chi connectivity index (χ0v) is 12.8. The molecule has 1 amide bonds. The molecule has 3 nitrogen and oxygen atoms in total. The summed E-state index contributed by atoms with van der Waals surface area (Å²) in [5.41, 5.74) is -0.213. The summed E-state index contributed by atoms with van der Waals surface area (Å²) in [7, 11) is 4.19. The van der Waals surface area contributed by atoms with Gasteiger partial charge >= 0.3 is 0 Å². The first-order valence-electron chi connectivity index (χ1n) is 6.74. The fraction of sp³-hybridized carbons (Fsp3) is 0.800. The van der Waals surface area contributed by atoms with Crippen molar-refractivity contribution in [3.63, 3.8) is 0 Å². The van der Waals surface area contributed by atoms with Gasteiger partial charge in [-0.25, -0.2) is 0 Å². The Balaban J connectivity index is 3.07. The van der Waals surface area contributed by atoms with Crippen LogP contribution in [0.1, 0.15) is 40.5 Å². The summed E-state index contributed by atoms with van der Waals surface area (Å²) in [4.78, 5) is 16.5. The third kappa shape index (κ3) is 2.77. The molecule has 0 bridgehead atoms. The molecule has 0 spiro atoms. The fourth-order valence-corrected chi connectivity index (χ4v) is 3.38. The second kappa shape index (κ2) is 5.04. The lowest BCUT2D eigenvalue weighted by Crippen LogP contribution is -2.65. The van der Waals surface area contributed by atoms with Gasteiger partial charge in [0.1, 0.15) is 0 Å². The average molecular weight is 252 g/mol. The summed E-state index contributed by atoms with van der Waals surface area (Å²) in [6, 6.07) is 0. The minimum atomic E-state index is -0.128. The van der Waals surface area contributed by atoms with Gasteiger partial charge in [0.05, 0.1) is 0 Å². The molecule has 0 aliphatic carbocycles. The number of hydrogen-bond donors (Lipinski definition) is 0. The SMILES string of the molecule is C=CC(=O)N1C(C)(C)CCC(CN(C)C)C1(C)C. The summed E-state index contributed by atoms with van der Waals surface area (Å²) < 4.78 is 0. The van der Waals surface area contributed by atoms with Crippen molar-refractivity contribution in [2.45, 2.75) is 51.6 Å². The lowest BCUT2D eigenvalue weighted by Gasteiger charge is -2.56. The molecule has 1 heterocycles. The topological polar surface area (TPSA) is 23.6 Å². The summed E-state index contributed by atoms with van der Waals surface area (Å²) in [5.74, 6) is 0.554. The monoisotopic (exact) mass is 252 g/mol.